The molecule has 0 aliphatic carbocycles. The van der Waals surface area contributed by atoms with E-state index in [1.165, 1.54) is 18.2 Å². The summed E-state index contributed by atoms with van der Waals surface area (Å²) >= 11 is 0. The molecule has 1 saturated heterocycles. The lowest BCUT2D eigenvalue weighted by Crippen LogP contribution is -2.37. The predicted molar refractivity (Wildman–Crippen MR) is 88.3 cm³/mol. The van der Waals surface area contributed by atoms with Crippen LogP contribution in [0.2, 0.25) is 0 Å². The molecule has 12 nitrogen and oxygen atoms in total. The second-order valence-corrected chi connectivity index (χ2v) is 7.22. The number of nitro benzene ring substituents is 1. The van der Waals surface area contributed by atoms with E-state index in [-0.39, 0.29) is 23.3 Å². The fraction of sp³-hybridized carbons (Fsp3) is 0.200. The van der Waals surface area contributed by atoms with Crippen molar-refractivity contribution < 1.29 is 37.1 Å². The van der Waals surface area contributed by atoms with Crippen LogP contribution in [0.3, 0.4) is 0 Å². The van der Waals surface area contributed by atoms with E-state index < -0.39 is 61.5 Å². The van der Waals surface area contributed by atoms with Gasteiger partial charge in [0.1, 0.15) is 5.70 Å². The molecular formula is C15H11N3O9S. The topological polar surface area (TPSA) is 172 Å². The average Bonchev–Trinajstić information content (AvgIpc) is 3.05. The number of likely N-dealkylation sites (tertiary alicyclic amines) is 1. The fourth-order valence-electron chi connectivity index (χ4n) is 2.93. The Morgan fingerprint density at radius 2 is 1.61 bits per heavy atom. The maximum Gasteiger partial charge on any atom is 0.302 e. The molecule has 4 amide bonds. The number of hydrogen-bond donors (Lipinski definition) is 1. The minimum atomic E-state index is -5.28. The summed E-state index contributed by atoms with van der Waals surface area (Å²) in [5.74, 6) is -4.64. The Morgan fingerprint density at radius 1 is 1.04 bits per heavy atom. The summed E-state index contributed by atoms with van der Waals surface area (Å²) in [5.41, 5.74) is -1.60. The van der Waals surface area contributed by atoms with Crippen LogP contribution in [0.5, 0.6) is 0 Å². The number of carbonyl (C=O) groups is 4. The Balaban J connectivity index is 2.09. The van der Waals surface area contributed by atoms with E-state index in [4.69, 9.17) is 0 Å². The molecule has 0 unspecified atom stereocenters. The Morgan fingerprint density at radius 3 is 2.14 bits per heavy atom. The van der Waals surface area contributed by atoms with Gasteiger partial charge in [-0.15, -0.1) is 0 Å². The van der Waals surface area contributed by atoms with E-state index in [1.807, 2.05) is 0 Å². The summed E-state index contributed by atoms with van der Waals surface area (Å²) < 4.78 is 32.8. The first-order chi connectivity index (χ1) is 13.0. The van der Waals surface area contributed by atoms with E-state index in [2.05, 4.69) is 0 Å². The number of imide groups is 2. The lowest BCUT2D eigenvalue weighted by atomic mass is 10.1. The standard InChI is InChI=1S/C15H11N3O9S/c19-10-5-6-11(20)17(10)12-13(28(25,26)27)15(22)16(14(12)21)7-8-3-1-2-4-9(8)18(23)24/h1-4H,5-7H2,(H,25,26,27). The highest BCUT2D eigenvalue weighted by atomic mass is 32.2. The first-order valence-electron chi connectivity index (χ1n) is 7.70. The third-order valence-electron chi connectivity index (χ3n) is 4.15. The van der Waals surface area contributed by atoms with Gasteiger partial charge in [-0.25, -0.2) is 4.90 Å². The molecule has 0 aromatic heterocycles. The van der Waals surface area contributed by atoms with Crippen molar-refractivity contribution in [1.29, 1.82) is 0 Å². The zero-order chi connectivity index (χ0) is 20.8. The molecule has 0 radical (unpaired) electrons. The van der Waals surface area contributed by atoms with Crippen LogP contribution in [-0.4, -0.2) is 51.3 Å². The summed E-state index contributed by atoms with van der Waals surface area (Å²) in [5, 5.41) is 11.1. The second-order valence-electron chi connectivity index (χ2n) is 5.86. The monoisotopic (exact) mass is 409 g/mol. The minimum absolute atomic E-state index is 0.0933. The molecule has 2 aliphatic rings. The summed E-state index contributed by atoms with van der Waals surface area (Å²) in [6, 6.07) is 5.12. The third-order valence-corrected chi connectivity index (χ3v) is 5.04. The van der Waals surface area contributed by atoms with E-state index >= 15 is 0 Å². The van der Waals surface area contributed by atoms with Gasteiger partial charge in [0, 0.05) is 24.5 Å². The van der Waals surface area contributed by atoms with Crippen molar-refractivity contribution in [3.8, 4) is 0 Å². The van der Waals surface area contributed by atoms with Gasteiger partial charge in [-0.3, -0.25) is 38.7 Å². The SMILES string of the molecule is O=C1C(N2C(=O)CCC2=O)=C(S(=O)(=O)O)C(=O)N1Cc1ccccc1[N+](=O)[O-]. The molecule has 2 heterocycles. The van der Waals surface area contributed by atoms with Crippen LogP contribution in [0.4, 0.5) is 5.69 Å². The van der Waals surface area contributed by atoms with Gasteiger partial charge < -0.3 is 0 Å². The van der Waals surface area contributed by atoms with E-state index in [9.17, 15) is 42.3 Å². The van der Waals surface area contributed by atoms with Crippen LogP contribution in [0, 0.1) is 10.1 Å². The van der Waals surface area contributed by atoms with Gasteiger partial charge in [-0.1, -0.05) is 18.2 Å². The van der Waals surface area contributed by atoms with Crippen LogP contribution in [0.25, 0.3) is 0 Å². The van der Waals surface area contributed by atoms with Crippen molar-refractivity contribution in [3.05, 3.63) is 50.5 Å². The molecule has 0 saturated carbocycles. The second kappa shape index (κ2) is 6.61. The summed E-state index contributed by atoms with van der Waals surface area (Å²) in [4.78, 5) is 58.6. The van der Waals surface area contributed by atoms with Gasteiger partial charge in [-0.2, -0.15) is 8.42 Å². The van der Waals surface area contributed by atoms with Crippen molar-refractivity contribution in [2.75, 3.05) is 0 Å². The van der Waals surface area contributed by atoms with Crippen molar-refractivity contribution >= 4 is 39.4 Å². The Kier molecular flexibility index (Phi) is 4.56. The largest absolute Gasteiger partial charge is 0.302 e. The Bertz CT molecular complexity index is 1070. The molecule has 146 valence electrons. The van der Waals surface area contributed by atoms with Gasteiger partial charge in [0.2, 0.25) is 11.8 Å². The highest BCUT2D eigenvalue weighted by Crippen LogP contribution is 2.33. The molecule has 1 aromatic rings. The smallest absolute Gasteiger partial charge is 0.282 e. The Hall–Kier alpha value is -3.45. The van der Waals surface area contributed by atoms with Gasteiger partial charge in [0.05, 0.1) is 11.5 Å². The fourth-order valence-corrected chi connectivity index (χ4v) is 3.69. The first-order valence-corrected chi connectivity index (χ1v) is 9.14. The van der Waals surface area contributed by atoms with Crippen LogP contribution in [-0.2, 0) is 35.8 Å². The molecular weight excluding hydrogens is 398 g/mol. The molecule has 1 N–H and O–H groups in total. The summed E-state index contributed by atoms with van der Waals surface area (Å²) in [6.45, 7) is -0.701. The van der Waals surface area contributed by atoms with Crippen LogP contribution < -0.4 is 0 Å². The number of carbonyl (C=O) groups excluding carboxylic acids is 4. The van der Waals surface area contributed by atoms with E-state index in [0.29, 0.717) is 4.90 Å². The van der Waals surface area contributed by atoms with Crippen LogP contribution in [0.1, 0.15) is 18.4 Å². The van der Waals surface area contributed by atoms with E-state index in [1.54, 1.807) is 0 Å². The molecule has 2 aliphatic heterocycles. The van der Waals surface area contributed by atoms with Gasteiger partial charge in [-0.05, 0) is 0 Å². The molecule has 1 fully saturated rings. The van der Waals surface area contributed by atoms with Crippen LogP contribution >= 0.6 is 0 Å². The average molecular weight is 409 g/mol. The lowest BCUT2D eigenvalue weighted by Gasteiger charge is -2.17. The number of nitrogens with zero attached hydrogens (tertiary/aromatic N) is 3. The van der Waals surface area contributed by atoms with E-state index in [0.717, 1.165) is 6.07 Å². The molecule has 28 heavy (non-hydrogen) atoms. The van der Waals surface area contributed by atoms with Crippen molar-refractivity contribution in [2.45, 2.75) is 19.4 Å². The maximum absolute atomic E-state index is 12.7. The first kappa shape index (κ1) is 19.3. The highest BCUT2D eigenvalue weighted by molar-refractivity contribution is 7.91. The number of amides is 4. The number of rotatable bonds is 5. The van der Waals surface area contributed by atoms with Gasteiger partial charge in [0.25, 0.3) is 17.5 Å². The molecule has 0 bridgehead atoms. The zero-order valence-electron chi connectivity index (χ0n) is 13.9. The molecule has 1 aromatic carbocycles. The number of para-hydroxylation sites is 1. The molecule has 0 atom stereocenters. The molecule has 0 spiro atoms. The van der Waals surface area contributed by atoms with Crippen LogP contribution in [0.15, 0.2) is 34.9 Å². The number of hydrogen-bond acceptors (Lipinski definition) is 8. The van der Waals surface area contributed by atoms with Crippen molar-refractivity contribution in [1.82, 2.24) is 9.80 Å². The Labute approximate surface area is 156 Å². The minimum Gasteiger partial charge on any atom is -0.282 e. The maximum atomic E-state index is 12.7. The highest BCUT2D eigenvalue weighted by Gasteiger charge is 2.50. The van der Waals surface area contributed by atoms with Crippen molar-refractivity contribution in [3.63, 3.8) is 0 Å². The van der Waals surface area contributed by atoms with Crippen molar-refractivity contribution in [2.24, 2.45) is 0 Å². The zero-order valence-corrected chi connectivity index (χ0v) is 14.7. The quantitative estimate of drug-likeness (QED) is 0.297. The summed E-state index contributed by atoms with van der Waals surface area (Å²) in [7, 11) is -5.28. The number of nitro groups is 1. The predicted octanol–water partition coefficient (Wildman–Crippen LogP) is -0.288. The van der Waals surface area contributed by atoms with Gasteiger partial charge in [0.15, 0.2) is 4.91 Å². The lowest BCUT2D eigenvalue weighted by molar-refractivity contribution is -0.385. The summed E-state index contributed by atoms with van der Waals surface area (Å²) in [6.07, 6.45) is -0.598. The third kappa shape index (κ3) is 3.05. The molecule has 13 heteroatoms. The normalized spacial score (nSPS) is 17.9. The van der Waals surface area contributed by atoms with Gasteiger partial charge >= 0.3 is 10.1 Å². The number of benzene rings is 1. The molecule has 3 rings (SSSR count).